The molecule has 0 saturated heterocycles. The summed E-state index contributed by atoms with van der Waals surface area (Å²) in [5, 5.41) is 4.99. The van der Waals surface area contributed by atoms with E-state index in [-0.39, 0.29) is 5.91 Å². The van der Waals surface area contributed by atoms with E-state index in [1.165, 1.54) is 11.1 Å². The van der Waals surface area contributed by atoms with Crippen molar-refractivity contribution in [2.45, 2.75) is 33.1 Å². The molecule has 0 saturated carbocycles. The van der Waals surface area contributed by atoms with Gasteiger partial charge in [-0.2, -0.15) is 0 Å². The van der Waals surface area contributed by atoms with E-state index in [4.69, 9.17) is 4.98 Å². The summed E-state index contributed by atoms with van der Waals surface area (Å²) in [6, 6.07) is 16.5. The van der Waals surface area contributed by atoms with Crippen LogP contribution in [-0.2, 0) is 24.1 Å². The fourth-order valence-electron chi connectivity index (χ4n) is 3.20. The highest BCUT2D eigenvalue weighted by atomic mass is 32.1. The zero-order valence-electron chi connectivity index (χ0n) is 16.1. The zero-order valence-corrected chi connectivity index (χ0v) is 16.9. The maximum atomic E-state index is 12.5. The fourth-order valence-corrected chi connectivity index (χ4v) is 4.07. The molecule has 2 aromatic carbocycles. The van der Waals surface area contributed by atoms with Gasteiger partial charge in [-0.05, 0) is 36.1 Å². The van der Waals surface area contributed by atoms with Crippen molar-refractivity contribution >= 4 is 27.9 Å². The summed E-state index contributed by atoms with van der Waals surface area (Å²) in [7, 11) is 0. The molecule has 0 aliphatic heterocycles. The number of aromatic nitrogens is 2. The van der Waals surface area contributed by atoms with Crippen LogP contribution in [0.15, 0.2) is 60.1 Å². The number of anilines is 1. The molecule has 0 bridgehead atoms. The average molecular weight is 390 g/mol. The smallest absolute Gasteiger partial charge is 0.230 e. The second-order valence-corrected chi connectivity index (χ2v) is 7.67. The fraction of sp³-hybridized carbons (Fsp3) is 0.217. The Balaban J connectivity index is 1.50. The van der Waals surface area contributed by atoms with E-state index in [0.29, 0.717) is 6.42 Å². The number of hydrogen-bond acceptors (Lipinski definition) is 3. The Morgan fingerprint density at radius 3 is 2.29 bits per heavy atom. The number of hydrogen-bond donors (Lipinski definition) is 1. The van der Waals surface area contributed by atoms with Crippen molar-refractivity contribution in [1.82, 2.24) is 9.38 Å². The van der Waals surface area contributed by atoms with Gasteiger partial charge in [-0.15, -0.1) is 11.3 Å². The van der Waals surface area contributed by atoms with Gasteiger partial charge in [0, 0.05) is 28.5 Å². The van der Waals surface area contributed by atoms with Gasteiger partial charge in [0.1, 0.15) is 0 Å². The van der Waals surface area contributed by atoms with Crippen LogP contribution in [0.1, 0.15) is 30.7 Å². The molecular weight excluding hydrogens is 366 g/mol. The number of carbonyl (C=O) groups is 1. The van der Waals surface area contributed by atoms with Gasteiger partial charge < -0.3 is 5.32 Å². The van der Waals surface area contributed by atoms with Gasteiger partial charge in [0.25, 0.3) is 0 Å². The monoisotopic (exact) mass is 389 g/mol. The van der Waals surface area contributed by atoms with Crippen molar-refractivity contribution in [3.63, 3.8) is 0 Å². The summed E-state index contributed by atoms with van der Waals surface area (Å²) in [6.45, 7) is 4.27. The van der Waals surface area contributed by atoms with Crippen LogP contribution in [0, 0.1) is 0 Å². The molecule has 0 radical (unpaired) electrons. The molecule has 2 heterocycles. The number of nitrogens with one attached hydrogen (secondary N) is 1. The number of amides is 1. The number of carbonyl (C=O) groups excluding carboxylic acids is 1. The SMILES string of the molecule is CCc1ccc(NC(=O)Cc2csc3nc(-c4ccc(CC)cc4)cn23)cc1. The van der Waals surface area contributed by atoms with Crippen molar-refractivity contribution in [3.05, 3.63) is 76.9 Å². The van der Waals surface area contributed by atoms with Crippen LogP contribution < -0.4 is 5.32 Å². The first-order valence-corrected chi connectivity index (χ1v) is 10.5. The number of thiazole rings is 1. The number of imidazole rings is 1. The Labute approximate surface area is 168 Å². The molecular formula is C23H23N3OS. The third-order valence-electron chi connectivity index (χ3n) is 4.93. The van der Waals surface area contributed by atoms with Crippen LogP contribution in [0.5, 0.6) is 0 Å². The maximum absolute atomic E-state index is 12.5. The van der Waals surface area contributed by atoms with Gasteiger partial charge in [0.2, 0.25) is 5.91 Å². The second kappa shape index (κ2) is 7.98. The van der Waals surface area contributed by atoms with Gasteiger partial charge in [-0.3, -0.25) is 9.20 Å². The molecule has 4 aromatic rings. The predicted octanol–water partition coefficient (Wildman–Crippen LogP) is 5.37. The molecule has 4 nitrogen and oxygen atoms in total. The summed E-state index contributed by atoms with van der Waals surface area (Å²) in [4.78, 5) is 18.1. The Morgan fingerprint density at radius 1 is 1.00 bits per heavy atom. The highest BCUT2D eigenvalue weighted by Gasteiger charge is 2.13. The Morgan fingerprint density at radius 2 is 1.64 bits per heavy atom. The maximum Gasteiger partial charge on any atom is 0.230 e. The van der Waals surface area contributed by atoms with E-state index >= 15 is 0 Å². The number of benzene rings is 2. The van der Waals surface area contributed by atoms with Crippen LogP contribution in [0.2, 0.25) is 0 Å². The minimum absolute atomic E-state index is 0.0218. The Kier molecular flexibility index (Phi) is 5.26. The van der Waals surface area contributed by atoms with E-state index in [9.17, 15) is 4.79 Å². The van der Waals surface area contributed by atoms with E-state index in [1.54, 1.807) is 11.3 Å². The molecule has 0 fully saturated rings. The topological polar surface area (TPSA) is 46.4 Å². The zero-order chi connectivity index (χ0) is 19.5. The van der Waals surface area contributed by atoms with Crippen LogP contribution >= 0.6 is 11.3 Å². The highest BCUT2D eigenvalue weighted by molar-refractivity contribution is 7.15. The van der Waals surface area contributed by atoms with Crippen LogP contribution in [0.4, 0.5) is 5.69 Å². The summed E-state index contributed by atoms with van der Waals surface area (Å²) in [6.07, 6.45) is 4.36. The molecule has 0 aliphatic carbocycles. The van der Waals surface area contributed by atoms with Crippen molar-refractivity contribution in [2.24, 2.45) is 0 Å². The summed E-state index contributed by atoms with van der Waals surface area (Å²) in [5.41, 5.74) is 6.39. The van der Waals surface area contributed by atoms with Crippen molar-refractivity contribution in [2.75, 3.05) is 5.32 Å². The van der Waals surface area contributed by atoms with Crippen LogP contribution in [-0.4, -0.2) is 15.3 Å². The van der Waals surface area contributed by atoms with Gasteiger partial charge in [-0.25, -0.2) is 4.98 Å². The Bertz CT molecular complexity index is 1090. The molecule has 1 amide bonds. The van der Waals surface area contributed by atoms with E-state index in [1.807, 2.05) is 40.2 Å². The lowest BCUT2D eigenvalue weighted by molar-refractivity contribution is -0.115. The number of nitrogens with zero attached hydrogens (tertiary/aromatic N) is 2. The number of aryl methyl sites for hydroxylation is 2. The third kappa shape index (κ3) is 3.85. The second-order valence-electron chi connectivity index (χ2n) is 6.83. The van der Waals surface area contributed by atoms with Crippen LogP contribution in [0.3, 0.4) is 0 Å². The molecule has 0 spiro atoms. The van der Waals surface area contributed by atoms with E-state index < -0.39 is 0 Å². The quantitative estimate of drug-likeness (QED) is 0.482. The van der Waals surface area contributed by atoms with Gasteiger partial charge in [0.15, 0.2) is 4.96 Å². The lowest BCUT2D eigenvalue weighted by atomic mass is 10.1. The molecule has 28 heavy (non-hydrogen) atoms. The number of rotatable bonds is 6. The van der Waals surface area contributed by atoms with Gasteiger partial charge in [-0.1, -0.05) is 50.2 Å². The van der Waals surface area contributed by atoms with E-state index in [0.717, 1.165) is 40.4 Å². The lowest BCUT2D eigenvalue weighted by Crippen LogP contribution is -2.15. The molecule has 4 rings (SSSR count). The van der Waals surface area contributed by atoms with Crippen molar-refractivity contribution in [1.29, 1.82) is 0 Å². The minimum atomic E-state index is -0.0218. The van der Waals surface area contributed by atoms with Gasteiger partial charge >= 0.3 is 0 Å². The van der Waals surface area contributed by atoms with Crippen LogP contribution in [0.25, 0.3) is 16.2 Å². The molecule has 0 aliphatic rings. The Hall–Kier alpha value is -2.92. The van der Waals surface area contributed by atoms with Crippen molar-refractivity contribution < 1.29 is 4.79 Å². The minimum Gasteiger partial charge on any atom is -0.326 e. The largest absolute Gasteiger partial charge is 0.326 e. The first-order valence-electron chi connectivity index (χ1n) is 9.60. The number of fused-ring (bicyclic) bond motifs is 1. The molecule has 0 unspecified atom stereocenters. The third-order valence-corrected chi connectivity index (χ3v) is 5.82. The molecule has 142 valence electrons. The first-order chi connectivity index (χ1) is 13.7. The van der Waals surface area contributed by atoms with Gasteiger partial charge in [0.05, 0.1) is 12.1 Å². The highest BCUT2D eigenvalue weighted by Crippen LogP contribution is 2.24. The van der Waals surface area contributed by atoms with E-state index in [2.05, 4.69) is 43.4 Å². The average Bonchev–Trinajstić information content (AvgIpc) is 3.30. The molecule has 2 aromatic heterocycles. The van der Waals surface area contributed by atoms with Crippen molar-refractivity contribution in [3.8, 4) is 11.3 Å². The summed E-state index contributed by atoms with van der Waals surface area (Å²) in [5.74, 6) is -0.0218. The summed E-state index contributed by atoms with van der Waals surface area (Å²) < 4.78 is 2.02. The normalized spacial score (nSPS) is 11.1. The first kappa shape index (κ1) is 18.4. The summed E-state index contributed by atoms with van der Waals surface area (Å²) >= 11 is 1.56. The lowest BCUT2D eigenvalue weighted by Gasteiger charge is -2.05. The predicted molar refractivity (Wildman–Crippen MR) is 116 cm³/mol. The molecule has 0 atom stereocenters. The molecule has 1 N–H and O–H groups in total. The standard InChI is InChI=1S/C23H23N3OS/c1-3-16-5-9-18(10-6-16)21-14-26-20(15-28-23(26)25-21)13-22(27)24-19-11-7-17(4-2)8-12-19/h5-12,14-15H,3-4,13H2,1-2H3,(H,24,27). The molecule has 5 heteroatoms.